The molecule has 2 rings (SSSR count). The van der Waals surface area contributed by atoms with Crippen molar-refractivity contribution in [2.45, 2.75) is 39.6 Å². The van der Waals surface area contributed by atoms with Crippen molar-refractivity contribution in [2.24, 2.45) is 0 Å². The first-order valence-electron chi connectivity index (χ1n) is 7.98. The number of rotatable bonds is 6. The normalized spacial score (nSPS) is 11.5. The number of nitrogens with zero attached hydrogens (tertiary/aromatic N) is 2. The molecule has 1 N–H and O–H groups in total. The van der Waals surface area contributed by atoms with Crippen molar-refractivity contribution in [3.05, 3.63) is 35.3 Å². The standard InChI is InChI=1S/C17H20F3N3O3/c1-5-13-16(22-10(2)3)21-9-14(23(13)24)12-7-6-11(8-15(12)25-4)26-17(18,19)20/h6-10H,5H2,1-4H3,(H,21,22). The minimum Gasteiger partial charge on any atom is -0.618 e. The van der Waals surface area contributed by atoms with E-state index < -0.39 is 12.1 Å². The molecule has 0 unspecified atom stereocenters. The molecule has 26 heavy (non-hydrogen) atoms. The van der Waals surface area contributed by atoms with Gasteiger partial charge in [-0.1, -0.05) is 6.92 Å². The molecule has 0 aliphatic heterocycles. The van der Waals surface area contributed by atoms with Crippen molar-refractivity contribution in [3.63, 3.8) is 0 Å². The summed E-state index contributed by atoms with van der Waals surface area (Å²) >= 11 is 0. The van der Waals surface area contributed by atoms with Crippen LogP contribution in [0.5, 0.6) is 11.5 Å². The third-order valence-corrected chi connectivity index (χ3v) is 3.50. The Hall–Kier alpha value is -2.71. The zero-order valence-corrected chi connectivity index (χ0v) is 14.8. The molecule has 0 radical (unpaired) electrons. The summed E-state index contributed by atoms with van der Waals surface area (Å²) in [5.74, 6) is 0.110. The molecular formula is C17H20F3N3O3. The molecule has 0 saturated carbocycles. The zero-order valence-electron chi connectivity index (χ0n) is 14.8. The highest BCUT2D eigenvalue weighted by Crippen LogP contribution is 2.34. The molecular weight excluding hydrogens is 351 g/mol. The van der Waals surface area contributed by atoms with Crippen LogP contribution < -0.4 is 19.5 Å². The van der Waals surface area contributed by atoms with Crippen LogP contribution in [0.3, 0.4) is 0 Å². The summed E-state index contributed by atoms with van der Waals surface area (Å²) in [4.78, 5) is 4.29. The largest absolute Gasteiger partial charge is 0.618 e. The minimum absolute atomic E-state index is 0.0739. The number of methoxy groups -OCH3 is 1. The van der Waals surface area contributed by atoms with E-state index in [9.17, 15) is 18.4 Å². The molecule has 1 heterocycles. The summed E-state index contributed by atoms with van der Waals surface area (Å²) < 4.78 is 46.9. The molecule has 1 aromatic carbocycles. The van der Waals surface area contributed by atoms with Gasteiger partial charge in [-0.05, 0) is 26.0 Å². The van der Waals surface area contributed by atoms with Gasteiger partial charge < -0.3 is 20.0 Å². The lowest BCUT2D eigenvalue weighted by molar-refractivity contribution is -0.602. The van der Waals surface area contributed by atoms with E-state index in [1.54, 1.807) is 0 Å². The van der Waals surface area contributed by atoms with E-state index in [4.69, 9.17) is 4.74 Å². The van der Waals surface area contributed by atoms with Crippen molar-refractivity contribution in [3.8, 4) is 22.8 Å². The molecule has 0 aliphatic carbocycles. The van der Waals surface area contributed by atoms with Crippen LogP contribution >= 0.6 is 0 Å². The van der Waals surface area contributed by atoms with E-state index in [-0.39, 0.29) is 17.5 Å². The summed E-state index contributed by atoms with van der Waals surface area (Å²) in [5.41, 5.74) is 0.913. The fraction of sp³-hybridized carbons (Fsp3) is 0.412. The average Bonchev–Trinajstić information content (AvgIpc) is 2.53. The van der Waals surface area contributed by atoms with E-state index in [1.807, 2.05) is 20.8 Å². The molecule has 6 nitrogen and oxygen atoms in total. The van der Waals surface area contributed by atoms with Gasteiger partial charge >= 0.3 is 6.36 Å². The van der Waals surface area contributed by atoms with E-state index in [1.165, 1.54) is 19.4 Å². The van der Waals surface area contributed by atoms with E-state index in [0.29, 0.717) is 28.2 Å². The van der Waals surface area contributed by atoms with Gasteiger partial charge in [0.05, 0.1) is 12.7 Å². The van der Waals surface area contributed by atoms with Crippen LogP contribution in [0.2, 0.25) is 0 Å². The average molecular weight is 371 g/mol. The van der Waals surface area contributed by atoms with Gasteiger partial charge in [-0.3, -0.25) is 0 Å². The Labute approximate surface area is 149 Å². The highest BCUT2D eigenvalue weighted by atomic mass is 19.4. The Bertz CT molecular complexity index is 780. The predicted molar refractivity (Wildman–Crippen MR) is 90.0 cm³/mol. The molecule has 2 aromatic rings. The van der Waals surface area contributed by atoms with Gasteiger partial charge in [-0.15, -0.1) is 13.2 Å². The van der Waals surface area contributed by atoms with Crippen LogP contribution in [0.15, 0.2) is 24.4 Å². The Morgan fingerprint density at radius 1 is 1.31 bits per heavy atom. The van der Waals surface area contributed by atoms with Crippen molar-refractivity contribution in [1.29, 1.82) is 0 Å². The summed E-state index contributed by atoms with van der Waals surface area (Å²) in [5, 5.41) is 15.9. The van der Waals surface area contributed by atoms with Gasteiger partial charge in [-0.25, -0.2) is 4.98 Å². The second kappa shape index (κ2) is 7.67. The topological polar surface area (TPSA) is 70.3 Å². The molecule has 0 atom stereocenters. The van der Waals surface area contributed by atoms with Crippen LogP contribution in [-0.2, 0) is 6.42 Å². The van der Waals surface area contributed by atoms with Crippen LogP contribution in [0.25, 0.3) is 11.3 Å². The highest BCUT2D eigenvalue weighted by Gasteiger charge is 2.32. The van der Waals surface area contributed by atoms with Crippen molar-refractivity contribution >= 4 is 5.82 Å². The maximum Gasteiger partial charge on any atom is 0.573 e. The quantitative estimate of drug-likeness (QED) is 0.620. The van der Waals surface area contributed by atoms with Crippen LogP contribution in [0, 0.1) is 5.21 Å². The first-order valence-corrected chi connectivity index (χ1v) is 7.98. The maximum absolute atomic E-state index is 12.8. The van der Waals surface area contributed by atoms with Crippen molar-refractivity contribution in [2.75, 3.05) is 12.4 Å². The Kier molecular flexibility index (Phi) is 5.79. The van der Waals surface area contributed by atoms with Gasteiger partial charge in [0.2, 0.25) is 11.4 Å². The fourth-order valence-corrected chi connectivity index (χ4v) is 2.46. The van der Waals surface area contributed by atoms with Crippen molar-refractivity contribution < 1.29 is 27.4 Å². The molecule has 0 fully saturated rings. The summed E-state index contributed by atoms with van der Waals surface area (Å²) in [6.07, 6.45) is -3.03. The Morgan fingerprint density at radius 2 is 2.00 bits per heavy atom. The number of halogens is 3. The van der Waals surface area contributed by atoms with Crippen LogP contribution in [-0.4, -0.2) is 24.5 Å². The van der Waals surface area contributed by atoms with E-state index in [2.05, 4.69) is 15.0 Å². The van der Waals surface area contributed by atoms with Crippen LogP contribution in [0.4, 0.5) is 19.0 Å². The first-order chi connectivity index (χ1) is 12.2. The Morgan fingerprint density at radius 3 is 2.54 bits per heavy atom. The number of hydrogen-bond donors (Lipinski definition) is 1. The van der Waals surface area contributed by atoms with Crippen molar-refractivity contribution in [1.82, 2.24) is 4.98 Å². The van der Waals surface area contributed by atoms with E-state index >= 15 is 0 Å². The lowest BCUT2D eigenvalue weighted by atomic mass is 10.1. The van der Waals surface area contributed by atoms with Gasteiger partial charge in [0.25, 0.3) is 0 Å². The Balaban J connectivity index is 2.50. The molecule has 0 spiro atoms. The monoisotopic (exact) mass is 371 g/mol. The summed E-state index contributed by atoms with van der Waals surface area (Å²) in [6, 6.07) is 3.62. The van der Waals surface area contributed by atoms with E-state index in [0.717, 1.165) is 12.1 Å². The molecule has 0 saturated heterocycles. The van der Waals surface area contributed by atoms with Crippen LogP contribution in [0.1, 0.15) is 26.5 Å². The third kappa shape index (κ3) is 4.47. The number of anilines is 1. The number of hydrogen-bond acceptors (Lipinski definition) is 5. The lowest BCUT2D eigenvalue weighted by Gasteiger charge is -2.16. The molecule has 0 amide bonds. The third-order valence-electron chi connectivity index (χ3n) is 3.50. The number of alkyl halides is 3. The SMILES string of the molecule is CCc1c(NC(C)C)ncc(-c2ccc(OC(F)(F)F)cc2OC)[n+]1[O-]. The highest BCUT2D eigenvalue weighted by molar-refractivity contribution is 5.66. The smallest absolute Gasteiger partial charge is 0.573 e. The number of aromatic nitrogens is 2. The minimum atomic E-state index is -4.81. The second-order valence-corrected chi connectivity index (χ2v) is 5.80. The van der Waals surface area contributed by atoms with Gasteiger partial charge in [0, 0.05) is 18.5 Å². The maximum atomic E-state index is 12.8. The second-order valence-electron chi connectivity index (χ2n) is 5.80. The molecule has 142 valence electrons. The van der Waals surface area contributed by atoms with Gasteiger partial charge in [0.1, 0.15) is 17.7 Å². The fourth-order valence-electron chi connectivity index (χ4n) is 2.46. The number of benzene rings is 1. The predicted octanol–water partition coefficient (Wildman–Crippen LogP) is 3.67. The molecule has 1 aromatic heterocycles. The summed E-state index contributed by atoms with van der Waals surface area (Å²) in [6.45, 7) is 5.66. The molecule has 9 heteroatoms. The lowest BCUT2D eigenvalue weighted by Crippen LogP contribution is -2.36. The number of nitrogens with one attached hydrogen (secondary N) is 1. The summed E-state index contributed by atoms with van der Waals surface area (Å²) in [7, 11) is 1.30. The van der Waals surface area contributed by atoms with Gasteiger partial charge in [0.15, 0.2) is 5.82 Å². The van der Waals surface area contributed by atoms with Gasteiger partial charge in [-0.2, -0.15) is 4.73 Å². The number of ether oxygens (including phenoxy) is 2. The molecule has 0 bridgehead atoms. The molecule has 0 aliphatic rings. The zero-order chi connectivity index (χ0) is 19.5. The first kappa shape index (κ1) is 19.6.